The first-order valence-electron chi connectivity index (χ1n) is 9.29. The van der Waals surface area contributed by atoms with Crippen molar-refractivity contribution in [2.45, 2.75) is 6.42 Å². The maximum atomic E-state index is 13.4. The summed E-state index contributed by atoms with van der Waals surface area (Å²) in [6, 6.07) is 17.0. The zero-order valence-corrected chi connectivity index (χ0v) is 16.5. The largest absolute Gasteiger partial charge is 0.508 e. The Kier molecular flexibility index (Phi) is 5.06. The van der Waals surface area contributed by atoms with Gasteiger partial charge in [0.05, 0.1) is 14.2 Å². The van der Waals surface area contributed by atoms with Gasteiger partial charge in [-0.05, 0) is 29.8 Å². The minimum atomic E-state index is -0.366. The Labute approximate surface area is 172 Å². The van der Waals surface area contributed by atoms with Crippen LogP contribution >= 0.6 is 0 Å². The fourth-order valence-electron chi connectivity index (χ4n) is 3.47. The molecule has 0 aliphatic rings. The molecule has 4 rings (SSSR count). The molecule has 0 saturated carbocycles. The molecule has 1 aromatic heterocycles. The predicted molar refractivity (Wildman–Crippen MR) is 114 cm³/mol. The normalized spacial score (nSPS) is 10.9. The smallest absolute Gasteiger partial charge is 0.200 e. The fourth-order valence-corrected chi connectivity index (χ4v) is 3.47. The molecule has 152 valence electrons. The van der Waals surface area contributed by atoms with Gasteiger partial charge in [-0.1, -0.05) is 24.3 Å². The highest BCUT2D eigenvalue weighted by Crippen LogP contribution is 2.34. The summed E-state index contributed by atoms with van der Waals surface area (Å²) in [5.41, 5.74) is 1.61. The molecule has 4 aromatic rings. The van der Waals surface area contributed by atoms with Gasteiger partial charge < -0.3 is 24.1 Å². The van der Waals surface area contributed by atoms with Crippen molar-refractivity contribution < 1.29 is 24.1 Å². The van der Waals surface area contributed by atoms with E-state index in [9.17, 15) is 15.0 Å². The summed E-state index contributed by atoms with van der Waals surface area (Å²) in [5.74, 6) is 1.11. The van der Waals surface area contributed by atoms with Gasteiger partial charge in [0.1, 0.15) is 39.7 Å². The molecule has 0 aliphatic carbocycles. The van der Waals surface area contributed by atoms with Crippen LogP contribution in [-0.2, 0) is 6.42 Å². The number of fused-ring (bicyclic) bond motifs is 1. The number of aromatic hydroxyl groups is 2. The Morgan fingerprint density at radius 3 is 2.33 bits per heavy atom. The van der Waals surface area contributed by atoms with Crippen LogP contribution in [0.4, 0.5) is 0 Å². The first kappa shape index (κ1) is 19.4. The molecule has 2 N–H and O–H groups in total. The number of rotatable bonds is 5. The van der Waals surface area contributed by atoms with E-state index in [1.54, 1.807) is 32.4 Å². The van der Waals surface area contributed by atoms with Crippen LogP contribution < -0.4 is 14.9 Å². The van der Waals surface area contributed by atoms with E-state index in [-0.39, 0.29) is 34.3 Å². The highest BCUT2D eigenvalue weighted by atomic mass is 16.5. The van der Waals surface area contributed by atoms with E-state index in [2.05, 4.69) is 0 Å². The third-order valence-corrected chi connectivity index (χ3v) is 4.90. The van der Waals surface area contributed by atoms with Crippen LogP contribution in [-0.4, -0.2) is 24.4 Å². The Morgan fingerprint density at radius 2 is 1.60 bits per heavy atom. The molecule has 3 aromatic carbocycles. The summed E-state index contributed by atoms with van der Waals surface area (Å²) in [6.07, 6.45) is 0.266. The predicted octanol–water partition coefficient (Wildman–Crippen LogP) is 4.48. The molecule has 1 heterocycles. The molecule has 0 bridgehead atoms. The van der Waals surface area contributed by atoms with Gasteiger partial charge in [-0.2, -0.15) is 0 Å². The highest BCUT2D eigenvalue weighted by Gasteiger charge is 2.20. The second-order valence-electron chi connectivity index (χ2n) is 6.84. The summed E-state index contributed by atoms with van der Waals surface area (Å²) in [5, 5.41) is 20.2. The second-order valence-corrected chi connectivity index (χ2v) is 6.84. The van der Waals surface area contributed by atoms with Crippen LogP contribution in [0.15, 0.2) is 69.9 Å². The Balaban J connectivity index is 1.99. The van der Waals surface area contributed by atoms with E-state index in [0.717, 1.165) is 11.6 Å². The van der Waals surface area contributed by atoms with Crippen LogP contribution in [0.2, 0.25) is 0 Å². The molecule has 6 nitrogen and oxygen atoms in total. The molecular weight excluding hydrogens is 384 g/mol. The summed E-state index contributed by atoms with van der Waals surface area (Å²) >= 11 is 0. The maximum Gasteiger partial charge on any atom is 0.200 e. The lowest BCUT2D eigenvalue weighted by Gasteiger charge is -2.13. The summed E-state index contributed by atoms with van der Waals surface area (Å²) in [6.45, 7) is 0. The minimum Gasteiger partial charge on any atom is -0.508 e. The van der Waals surface area contributed by atoms with Crippen LogP contribution in [0.1, 0.15) is 11.1 Å². The average molecular weight is 404 g/mol. The summed E-state index contributed by atoms with van der Waals surface area (Å²) in [4.78, 5) is 13.4. The SMILES string of the molecule is COc1cccc(Cc2c(-c3cccc(OC)c3)oc3cc(O)cc(O)c3c2=O)c1. The lowest BCUT2D eigenvalue weighted by Crippen LogP contribution is -2.12. The average Bonchev–Trinajstić information content (AvgIpc) is 2.75. The molecule has 0 aliphatic heterocycles. The van der Waals surface area contributed by atoms with Gasteiger partial charge >= 0.3 is 0 Å². The van der Waals surface area contributed by atoms with Crippen molar-refractivity contribution in [3.8, 4) is 34.3 Å². The third-order valence-electron chi connectivity index (χ3n) is 4.90. The maximum absolute atomic E-state index is 13.4. The van der Waals surface area contributed by atoms with E-state index >= 15 is 0 Å². The Hall–Kier alpha value is -3.93. The van der Waals surface area contributed by atoms with E-state index in [0.29, 0.717) is 28.4 Å². The van der Waals surface area contributed by atoms with Crippen molar-refractivity contribution in [2.75, 3.05) is 14.2 Å². The fraction of sp³-hybridized carbons (Fsp3) is 0.125. The number of methoxy groups -OCH3 is 2. The number of benzene rings is 3. The number of hydrogen-bond acceptors (Lipinski definition) is 6. The van der Waals surface area contributed by atoms with Crippen molar-refractivity contribution >= 4 is 11.0 Å². The lowest BCUT2D eigenvalue weighted by molar-refractivity contribution is 0.414. The molecule has 0 spiro atoms. The topological polar surface area (TPSA) is 89.1 Å². The number of ether oxygens (including phenoxy) is 2. The quantitative estimate of drug-likeness (QED) is 0.510. The van der Waals surface area contributed by atoms with E-state index in [1.165, 1.54) is 6.07 Å². The van der Waals surface area contributed by atoms with Gasteiger partial charge in [-0.25, -0.2) is 0 Å². The van der Waals surface area contributed by atoms with Gasteiger partial charge in [-0.15, -0.1) is 0 Å². The van der Waals surface area contributed by atoms with E-state index < -0.39 is 0 Å². The first-order valence-corrected chi connectivity index (χ1v) is 9.29. The van der Waals surface area contributed by atoms with Gasteiger partial charge in [0.25, 0.3) is 0 Å². The van der Waals surface area contributed by atoms with Crippen LogP contribution in [0.5, 0.6) is 23.0 Å². The van der Waals surface area contributed by atoms with Crippen LogP contribution in [0.25, 0.3) is 22.3 Å². The zero-order valence-electron chi connectivity index (χ0n) is 16.5. The molecule has 0 amide bonds. The number of phenolic OH excluding ortho intramolecular Hbond substituents is 2. The van der Waals surface area contributed by atoms with Gasteiger partial charge in [0, 0.05) is 29.7 Å². The molecule has 0 unspecified atom stereocenters. The van der Waals surface area contributed by atoms with Crippen molar-refractivity contribution in [3.63, 3.8) is 0 Å². The molecule has 0 atom stereocenters. The van der Waals surface area contributed by atoms with Crippen LogP contribution in [0, 0.1) is 0 Å². The molecule has 30 heavy (non-hydrogen) atoms. The summed E-state index contributed by atoms with van der Waals surface area (Å²) < 4.78 is 16.6. The molecule has 0 radical (unpaired) electrons. The Bertz CT molecular complexity index is 1290. The number of hydrogen-bond donors (Lipinski definition) is 2. The van der Waals surface area contributed by atoms with Crippen LogP contribution in [0.3, 0.4) is 0 Å². The molecule has 0 saturated heterocycles. The van der Waals surface area contributed by atoms with Gasteiger partial charge in [0.2, 0.25) is 5.43 Å². The Morgan fingerprint density at radius 1 is 0.900 bits per heavy atom. The van der Waals surface area contributed by atoms with Gasteiger partial charge in [0.15, 0.2) is 0 Å². The standard InChI is InChI=1S/C24H20O6/c1-28-17-7-3-5-14(9-17)10-19-23(27)22-20(26)12-16(25)13-21(22)30-24(19)15-6-4-8-18(11-15)29-2/h3-9,11-13,25-26H,10H2,1-2H3. The minimum absolute atomic E-state index is 0.0253. The van der Waals surface area contributed by atoms with Crippen molar-refractivity contribution in [1.82, 2.24) is 0 Å². The van der Waals surface area contributed by atoms with E-state index in [4.69, 9.17) is 13.9 Å². The van der Waals surface area contributed by atoms with E-state index in [1.807, 2.05) is 30.3 Å². The molecular formula is C24H20O6. The second kappa shape index (κ2) is 7.83. The highest BCUT2D eigenvalue weighted by molar-refractivity contribution is 5.87. The molecule has 0 fully saturated rings. The third kappa shape index (κ3) is 3.55. The van der Waals surface area contributed by atoms with Gasteiger partial charge in [-0.3, -0.25) is 4.79 Å². The van der Waals surface area contributed by atoms with Crippen molar-refractivity contribution in [2.24, 2.45) is 0 Å². The molecule has 6 heteroatoms. The van der Waals surface area contributed by atoms with Crippen molar-refractivity contribution in [1.29, 1.82) is 0 Å². The number of phenols is 2. The monoisotopic (exact) mass is 404 g/mol. The zero-order chi connectivity index (χ0) is 21.3. The van der Waals surface area contributed by atoms with Crippen molar-refractivity contribution in [3.05, 3.63) is 82.0 Å². The first-order chi connectivity index (χ1) is 14.5. The summed E-state index contributed by atoms with van der Waals surface area (Å²) in [7, 11) is 3.14. The lowest BCUT2D eigenvalue weighted by atomic mass is 9.98.